The van der Waals surface area contributed by atoms with E-state index in [1.165, 1.54) is 30.3 Å². The Balaban J connectivity index is 2.54. The van der Waals surface area contributed by atoms with Gasteiger partial charge >= 0.3 is 0 Å². The van der Waals surface area contributed by atoms with Gasteiger partial charge in [0.25, 0.3) is 10.0 Å². The van der Waals surface area contributed by atoms with Crippen LogP contribution in [0.4, 0.5) is 5.69 Å². The highest BCUT2D eigenvalue weighted by Gasteiger charge is 2.19. The number of ether oxygens (including phenoxy) is 1. The molecular formula is C14H14Cl2N2O6S2. The molecule has 0 saturated heterocycles. The Labute approximate surface area is 161 Å². The van der Waals surface area contributed by atoms with Gasteiger partial charge in [-0.1, -0.05) is 28.1 Å². The zero-order valence-corrected chi connectivity index (χ0v) is 16.6. The van der Waals surface area contributed by atoms with Crippen LogP contribution in [0.1, 0.15) is 0 Å². The summed E-state index contributed by atoms with van der Waals surface area (Å²) in [6.07, 6.45) is 0.948. The van der Waals surface area contributed by atoms with Crippen LogP contribution >= 0.6 is 23.2 Å². The monoisotopic (exact) mass is 440 g/mol. The molecule has 8 nitrogen and oxygen atoms in total. The minimum Gasteiger partial charge on any atom is -0.454 e. The van der Waals surface area contributed by atoms with Crippen molar-refractivity contribution >= 4 is 48.9 Å². The maximum absolute atomic E-state index is 12.1. The molecule has 2 N–H and O–H groups in total. The van der Waals surface area contributed by atoms with Crippen LogP contribution in [0, 0.1) is 0 Å². The third-order valence-electron chi connectivity index (χ3n) is 2.87. The largest absolute Gasteiger partial charge is 0.454 e. The molecule has 0 unspecified atom stereocenters. The van der Waals surface area contributed by atoms with Gasteiger partial charge in [0.15, 0.2) is 5.75 Å². The van der Waals surface area contributed by atoms with Crippen molar-refractivity contribution in [3.63, 3.8) is 0 Å². The van der Waals surface area contributed by atoms with Gasteiger partial charge in [-0.3, -0.25) is 9.56 Å². The summed E-state index contributed by atoms with van der Waals surface area (Å²) >= 11 is 11.9. The van der Waals surface area contributed by atoms with Crippen LogP contribution in [-0.4, -0.2) is 30.2 Å². The molecule has 0 amide bonds. The number of hydrogen-bond donors (Lipinski definition) is 2. The predicted octanol–water partition coefficient (Wildman–Crippen LogP) is 3.00. The van der Waals surface area contributed by atoms with Gasteiger partial charge in [-0.2, -0.15) is 0 Å². The second kappa shape index (κ2) is 7.99. The lowest BCUT2D eigenvalue weighted by molar-refractivity contribution is 0.153. The van der Waals surface area contributed by atoms with Crippen LogP contribution in [0.3, 0.4) is 0 Å². The van der Waals surface area contributed by atoms with Gasteiger partial charge in [0.2, 0.25) is 10.0 Å². The highest BCUT2D eigenvalue weighted by atomic mass is 35.5. The number of halogens is 2. The fourth-order valence-electron chi connectivity index (χ4n) is 1.87. The summed E-state index contributed by atoms with van der Waals surface area (Å²) in [4.78, 5) is 6.08. The molecular weight excluding hydrogens is 427 g/mol. The lowest BCUT2D eigenvalue weighted by Crippen LogP contribution is -2.22. The van der Waals surface area contributed by atoms with Gasteiger partial charge in [0.05, 0.1) is 29.0 Å². The third kappa shape index (κ3) is 5.47. The molecule has 0 atom stereocenters. The predicted molar refractivity (Wildman–Crippen MR) is 98.8 cm³/mol. The van der Waals surface area contributed by atoms with Crippen LogP contribution in [0.5, 0.6) is 11.5 Å². The second-order valence-corrected chi connectivity index (χ2v) is 9.24. The number of nitrogens with one attached hydrogen (secondary N) is 2. The molecule has 26 heavy (non-hydrogen) atoms. The maximum atomic E-state index is 12.1. The summed E-state index contributed by atoms with van der Waals surface area (Å²) < 4.78 is 55.1. The smallest absolute Gasteiger partial charge is 0.262 e. The molecule has 142 valence electrons. The molecule has 0 fully saturated rings. The molecule has 0 bridgehead atoms. The first kappa shape index (κ1) is 20.7. The Morgan fingerprint density at radius 1 is 0.962 bits per heavy atom. The fourth-order valence-corrected chi connectivity index (χ4v) is 3.71. The van der Waals surface area contributed by atoms with E-state index < -0.39 is 20.0 Å². The molecule has 12 heteroatoms. The summed E-state index contributed by atoms with van der Waals surface area (Å²) in [5.74, 6) is 0.0699. The minimum atomic E-state index is -3.99. The zero-order chi connectivity index (χ0) is 19.5. The Morgan fingerprint density at radius 3 is 2.23 bits per heavy atom. The van der Waals surface area contributed by atoms with E-state index in [1.54, 1.807) is 0 Å². The number of benzene rings is 2. The molecule has 0 aromatic heterocycles. The molecule has 0 aliphatic heterocycles. The number of hydrogen-bond acceptors (Lipinski definition) is 6. The summed E-state index contributed by atoms with van der Waals surface area (Å²) in [5, 5.41) is 0.531. The molecule has 2 aromatic carbocycles. The summed E-state index contributed by atoms with van der Waals surface area (Å²) in [6, 6.07) is 7.95. The van der Waals surface area contributed by atoms with E-state index >= 15 is 0 Å². The zero-order valence-electron chi connectivity index (χ0n) is 13.5. The van der Waals surface area contributed by atoms with Crippen molar-refractivity contribution in [2.75, 3.05) is 18.1 Å². The standard InChI is InChI=1S/C14H14Cl2N2O6S2/c1-23-18-26(21,22)10-4-5-12(17-25(2,19)20)14(8-10)24-13-6-3-9(15)7-11(13)16/h3-8,17-18H,1-2H3. The van der Waals surface area contributed by atoms with E-state index in [0.717, 1.165) is 19.4 Å². The topological polar surface area (TPSA) is 111 Å². The van der Waals surface area contributed by atoms with Gasteiger partial charge < -0.3 is 4.74 Å². The molecule has 0 spiro atoms. The van der Waals surface area contributed by atoms with Crippen LogP contribution in [0.2, 0.25) is 10.0 Å². The van der Waals surface area contributed by atoms with Gasteiger partial charge in [0, 0.05) is 11.1 Å². The van der Waals surface area contributed by atoms with Gasteiger partial charge in [-0.25, -0.2) is 16.8 Å². The van der Waals surface area contributed by atoms with Crippen molar-refractivity contribution in [2.24, 2.45) is 0 Å². The molecule has 0 radical (unpaired) electrons. The number of anilines is 1. The first-order chi connectivity index (χ1) is 12.0. The van der Waals surface area contributed by atoms with E-state index in [9.17, 15) is 16.8 Å². The van der Waals surface area contributed by atoms with E-state index in [4.69, 9.17) is 27.9 Å². The normalized spacial score (nSPS) is 12.0. The molecule has 0 saturated carbocycles. The molecule has 2 rings (SSSR count). The van der Waals surface area contributed by atoms with Crippen molar-refractivity contribution in [3.05, 3.63) is 46.4 Å². The van der Waals surface area contributed by atoms with Gasteiger partial charge in [-0.15, -0.1) is 0 Å². The van der Waals surface area contributed by atoms with Crippen molar-refractivity contribution < 1.29 is 26.4 Å². The number of rotatable bonds is 7. The Hall–Kier alpha value is -1.56. The highest BCUT2D eigenvalue weighted by Crippen LogP contribution is 2.36. The molecule has 0 aliphatic rings. The summed E-state index contributed by atoms with van der Waals surface area (Å²) in [7, 11) is -6.49. The van der Waals surface area contributed by atoms with Crippen LogP contribution < -0.4 is 14.3 Å². The average Bonchev–Trinajstić information content (AvgIpc) is 2.50. The Bertz CT molecular complexity index is 1030. The first-order valence-corrected chi connectivity index (χ1v) is 10.9. The Morgan fingerprint density at radius 2 is 1.65 bits per heavy atom. The molecule has 0 aliphatic carbocycles. The lowest BCUT2D eigenvalue weighted by atomic mass is 10.3. The molecule has 2 aromatic rings. The van der Waals surface area contributed by atoms with Crippen LogP contribution in [0.15, 0.2) is 41.3 Å². The van der Waals surface area contributed by atoms with Crippen molar-refractivity contribution in [2.45, 2.75) is 4.90 Å². The Kier molecular flexibility index (Phi) is 6.37. The van der Waals surface area contributed by atoms with E-state index in [-0.39, 0.29) is 27.1 Å². The van der Waals surface area contributed by atoms with Crippen LogP contribution in [-0.2, 0) is 24.9 Å². The maximum Gasteiger partial charge on any atom is 0.262 e. The quantitative estimate of drug-likeness (QED) is 0.640. The average molecular weight is 441 g/mol. The van der Waals surface area contributed by atoms with Crippen molar-refractivity contribution in [1.29, 1.82) is 0 Å². The van der Waals surface area contributed by atoms with Crippen LogP contribution in [0.25, 0.3) is 0 Å². The van der Waals surface area contributed by atoms with Crippen molar-refractivity contribution in [1.82, 2.24) is 4.89 Å². The highest BCUT2D eigenvalue weighted by molar-refractivity contribution is 7.92. The van der Waals surface area contributed by atoms with E-state index in [0.29, 0.717) is 5.02 Å². The summed E-state index contributed by atoms with van der Waals surface area (Å²) in [6.45, 7) is 0. The minimum absolute atomic E-state index is 0.0230. The number of sulfonamides is 2. The molecule has 0 heterocycles. The fraction of sp³-hybridized carbons (Fsp3) is 0.143. The van der Waals surface area contributed by atoms with Gasteiger partial charge in [0.1, 0.15) is 5.75 Å². The second-order valence-electron chi connectivity index (χ2n) is 5.00. The first-order valence-electron chi connectivity index (χ1n) is 6.81. The van der Waals surface area contributed by atoms with E-state index in [2.05, 4.69) is 9.56 Å². The van der Waals surface area contributed by atoms with E-state index in [1.807, 2.05) is 4.89 Å². The lowest BCUT2D eigenvalue weighted by Gasteiger charge is -2.15. The van der Waals surface area contributed by atoms with Crippen molar-refractivity contribution in [3.8, 4) is 11.5 Å². The SMILES string of the molecule is CONS(=O)(=O)c1ccc(NS(C)(=O)=O)c(Oc2ccc(Cl)cc2Cl)c1. The third-order valence-corrected chi connectivity index (χ3v) is 5.25. The summed E-state index contributed by atoms with van der Waals surface area (Å²) in [5.41, 5.74) is 0.0230. The van der Waals surface area contributed by atoms with Gasteiger partial charge in [-0.05, 0) is 30.3 Å².